The third kappa shape index (κ3) is 5.94. The molecule has 1 saturated heterocycles. The van der Waals surface area contributed by atoms with Crippen molar-refractivity contribution in [2.45, 2.75) is 44.0 Å². The normalized spacial score (nSPS) is 18.4. The summed E-state index contributed by atoms with van der Waals surface area (Å²) in [6.07, 6.45) is 6.01. The maximum atomic E-state index is 13.4. The van der Waals surface area contributed by atoms with E-state index in [1.54, 1.807) is 57.4 Å². The zero-order chi connectivity index (χ0) is 27.4. The predicted octanol–water partition coefficient (Wildman–Crippen LogP) is 1.83. The number of piperidine rings is 1. The van der Waals surface area contributed by atoms with E-state index >= 15 is 0 Å². The van der Waals surface area contributed by atoms with E-state index in [1.807, 2.05) is 12.1 Å². The number of likely N-dealkylation sites (N-methyl/N-ethyl adjacent to an activating group) is 1. The Morgan fingerprint density at radius 3 is 2.53 bits per heavy atom. The van der Waals surface area contributed by atoms with Gasteiger partial charge in [0.25, 0.3) is 0 Å². The van der Waals surface area contributed by atoms with Crippen LogP contribution in [0.3, 0.4) is 0 Å². The number of nitrogens with one attached hydrogen (secondary N) is 1. The second kappa shape index (κ2) is 11.7. The van der Waals surface area contributed by atoms with Gasteiger partial charge >= 0.3 is 0 Å². The maximum absolute atomic E-state index is 13.4. The van der Waals surface area contributed by atoms with Gasteiger partial charge in [-0.1, -0.05) is 0 Å². The molecule has 1 aromatic carbocycles. The molecule has 1 fully saturated rings. The first-order valence-corrected chi connectivity index (χ1v) is 14.4. The number of amides is 2. The van der Waals surface area contributed by atoms with Crippen LogP contribution in [0.5, 0.6) is 5.75 Å². The summed E-state index contributed by atoms with van der Waals surface area (Å²) in [6, 6.07) is 6.49. The summed E-state index contributed by atoms with van der Waals surface area (Å²) in [5.41, 5.74) is 2.43. The highest BCUT2D eigenvalue weighted by Gasteiger charge is 2.38. The Labute approximate surface area is 225 Å². The number of pyridine rings is 1. The Kier molecular flexibility index (Phi) is 8.57. The molecule has 2 aliphatic rings. The fraction of sp³-hybridized carbons (Fsp3) is 0.519. The number of hydrogen-bond donors (Lipinski definition) is 1. The molecule has 0 bridgehead atoms. The van der Waals surface area contributed by atoms with Crippen LogP contribution in [-0.2, 0) is 26.0 Å². The second-order valence-corrected chi connectivity index (χ2v) is 11.9. The smallest absolute Gasteiger partial charge is 0.244 e. The lowest BCUT2D eigenvalue weighted by molar-refractivity contribution is -0.133. The van der Waals surface area contributed by atoms with Crippen LogP contribution in [0, 0.1) is 12.8 Å². The molecule has 4 rings (SSSR count). The number of fused-ring (bicyclic) bond motifs is 1. The van der Waals surface area contributed by atoms with Gasteiger partial charge in [0.15, 0.2) is 0 Å². The maximum Gasteiger partial charge on any atom is 0.244 e. The van der Waals surface area contributed by atoms with E-state index in [1.165, 1.54) is 4.31 Å². The second-order valence-electron chi connectivity index (χ2n) is 10.1. The van der Waals surface area contributed by atoms with Crippen LogP contribution >= 0.6 is 0 Å². The van der Waals surface area contributed by atoms with Gasteiger partial charge in [0.05, 0.1) is 18.6 Å². The summed E-state index contributed by atoms with van der Waals surface area (Å²) in [5, 5.41) is 2.65. The lowest BCUT2D eigenvalue weighted by atomic mass is 9.96. The van der Waals surface area contributed by atoms with Crippen LogP contribution < -0.4 is 15.0 Å². The molecule has 1 unspecified atom stereocenters. The van der Waals surface area contributed by atoms with Crippen molar-refractivity contribution in [2.24, 2.45) is 5.92 Å². The lowest BCUT2D eigenvalue weighted by Crippen LogP contribution is -2.52. The monoisotopic (exact) mass is 543 g/mol. The summed E-state index contributed by atoms with van der Waals surface area (Å²) < 4.78 is 33.2. The molecule has 2 aliphatic heterocycles. The topological polar surface area (TPSA) is 112 Å². The van der Waals surface area contributed by atoms with Gasteiger partial charge in [0, 0.05) is 51.3 Å². The Morgan fingerprint density at radius 2 is 1.87 bits per heavy atom. The number of aromatic nitrogens is 1. The van der Waals surface area contributed by atoms with Gasteiger partial charge in [-0.2, -0.15) is 4.31 Å². The largest absolute Gasteiger partial charge is 0.497 e. The van der Waals surface area contributed by atoms with Gasteiger partial charge in [-0.3, -0.25) is 14.6 Å². The van der Waals surface area contributed by atoms with Crippen LogP contribution in [-0.4, -0.2) is 87.3 Å². The van der Waals surface area contributed by atoms with Gasteiger partial charge in [-0.05, 0) is 74.4 Å². The fourth-order valence-corrected chi connectivity index (χ4v) is 7.38. The summed E-state index contributed by atoms with van der Waals surface area (Å²) in [4.78, 5) is 33.9. The number of anilines is 1. The number of rotatable bonds is 8. The number of methoxy groups -OCH3 is 1. The molecule has 2 amide bonds. The Bertz CT molecular complexity index is 1260. The molecule has 1 N–H and O–H groups in total. The van der Waals surface area contributed by atoms with Gasteiger partial charge in [0.1, 0.15) is 11.8 Å². The minimum Gasteiger partial charge on any atom is -0.497 e. The van der Waals surface area contributed by atoms with Crippen molar-refractivity contribution in [3.05, 3.63) is 47.8 Å². The zero-order valence-electron chi connectivity index (χ0n) is 22.5. The molecule has 3 heterocycles. The molecule has 0 saturated carbocycles. The molecule has 38 heavy (non-hydrogen) atoms. The van der Waals surface area contributed by atoms with Gasteiger partial charge in [-0.25, -0.2) is 8.42 Å². The minimum absolute atomic E-state index is 0.170. The van der Waals surface area contributed by atoms with Crippen molar-refractivity contribution in [1.29, 1.82) is 0 Å². The van der Waals surface area contributed by atoms with Gasteiger partial charge in [-0.15, -0.1) is 0 Å². The Hall–Kier alpha value is -3.18. The molecule has 206 valence electrons. The third-order valence-electron chi connectivity index (χ3n) is 7.55. The summed E-state index contributed by atoms with van der Waals surface area (Å²) >= 11 is 0. The van der Waals surface area contributed by atoms with E-state index in [4.69, 9.17) is 4.74 Å². The molecule has 0 spiro atoms. The van der Waals surface area contributed by atoms with E-state index in [0.717, 1.165) is 31.6 Å². The summed E-state index contributed by atoms with van der Waals surface area (Å²) in [7, 11) is -0.577. The molecule has 2 aromatic rings. The average Bonchev–Trinajstić information content (AvgIpc) is 2.91. The SMILES string of the molecule is COc1cc(C)c2c(c1)CCN(C(C)C(=O)NCC(=O)N(C)CC1CCN(c3ccncc3)CC1)S2(=O)=O. The third-order valence-corrected chi connectivity index (χ3v) is 9.77. The number of aryl methyl sites for hydroxylation is 1. The van der Waals surface area contributed by atoms with Crippen LogP contribution in [0.15, 0.2) is 41.6 Å². The fourth-order valence-electron chi connectivity index (χ4n) is 5.35. The van der Waals surface area contributed by atoms with Crippen molar-refractivity contribution in [2.75, 3.05) is 51.8 Å². The minimum atomic E-state index is -3.87. The van der Waals surface area contributed by atoms with Gasteiger partial charge in [0.2, 0.25) is 21.8 Å². The first-order chi connectivity index (χ1) is 18.1. The lowest BCUT2D eigenvalue weighted by Gasteiger charge is -2.35. The number of carbonyl (C=O) groups is 2. The number of nitrogens with zero attached hydrogens (tertiary/aromatic N) is 4. The quantitative estimate of drug-likeness (QED) is 0.541. The van der Waals surface area contributed by atoms with E-state index in [-0.39, 0.29) is 23.9 Å². The highest BCUT2D eigenvalue weighted by atomic mass is 32.2. The van der Waals surface area contributed by atoms with Crippen molar-refractivity contribution in [1.82, 2.24) is 19.5 Å². The highest BCUT2D eigenvalue weighted by molar-refractivity contribution is 7.89. The van der Waals surface area contributed by atoms with Gasteiger partial charge < -0.3 is 19.9 Å². The molecule has 0 radical (unpaired) electrons. The summed E-state index contributed by atoms with van der Waals surface area (Å²) in [5.74, 6) is 0.308. The van der Waals surface area contributed by atoms with Crippen LogP contribution in [0.25, 0.3) is 0 Å². The number of benzene rings is 1. The summed E-state index contributed by atoms with van der Waals surface area (Å²) in [6.45, 7) is 5.76. The number of carbonyl (C=O) groups excluding carboxylic acids is 2. The number of hydrogen-bond acceptors (Lipinski definition) is 7. The predicted molar refractivity (Wildman–Crippen MR) is 145 cm³/mol. The van der Waals surface area contributed by atoms with Crippen molar-refractivity contribution in [3.8, 4) is 5.75 Å². The van der Waals surface area contributed by atoms with E-state index < -0.39 is 22.0 Å². The van der Waals surface area contributed by atoms with Crippen molar-refractivity contribution in [3.63, 3.8) is 0 Å². The highest BCUT2D eigenvalue weighted by Crippen LogP contribution is 2.33. The van der Waals surface area contributed by atoms with E-state index in [2.05, 4.69) is 15.2 Å². The molecular weight excluding hydrogens is 506 g/mol. The Morgan fingerprint density at radius 1 is 1.18 bits per heavy atom. The number of sulfonamides is 1. The Balaban J connectivity index is 1.28. The molecule has 1 atom stereocenters. The first-order valence-electron chi connectivity index (χ1n) is 13.0. The van der Waals surface area contributed by atoms with E-state index in [0.29, 0.717) is 35.8 Å². The molecular formula is C27H37N5O5S. The average molecular weight is 544 g/mol. The van der Waals surface area contributed by atoms with Crippen LogP contribution in [0.4, 0.5) is 5.69 Å². The van der Waals surface area contributed by atoms with E-state index in [9.17, 15) is 18.0 Å². The van der Waals surface area contributed by atoms with Crippen LogP contribution in [0.2, 0.25) is 0 Å². The van der Waals surface area contributed by atoms with Crippen LogP contribution in [0.1, 0.15) is 30.9 Å². The molecule has 0 aliphatic carbocycles. The molecule has 11 heteroatoms. The molecule has 10 nitrogen and oxygen atoms in total. The van der Waals surface area contributed by atoms with Crippen molar-refractivity contribution < 1.29 is 22.7 Å². The van der Waals surface area contributed by atoms with Crippen molar-refractivity contribution >= 4 is 27.5 Å². The first kappa shape index (κ1) is 27.8. The standard InChI is InChI=1S/C27H37N5O5S/c1-19-15-24(37-4)16-22-9-14-32(38(35,36)26(19)22)20(2)27(34)29-17-25(33)30(3)18-21-7-12-31(13-8-21)23-5-10-28-11-6-23/h5-6,10-11,15-16,20-21H,7-9,12-14,17-18H2,1-4H3,(H,29,34). The molecule has 1 aromatic heterocycles. The number of ether oxygens (including phenoxy) is 1. The zero-order valence-corrected chi connectivity index (χ0v) is 23.3.